The van der Waals surface area contributed by atoms with Crippen LogP contribution < -0.4 is 5.32 Å². The summed E-state index contributed by atoms with van der Waals surface area (Å²) in [6, 6.07) is 7.52. The Balaban J connectivity index is 1.56. The first-order valence-corrected chi connectivity index (χ1v) is 9.63. The fourth-order valence-electron chi connectivity index (χ4n) is 3.52. The SMILES string of the molecule is CC(C)CN1CCNC(=O)[C@@H]1CC(=O)N(C)CCc1nc2ccccc2[nH]1. The van der Waals surface area contributed by atoms with Crippen molar-refractivity contribution in [2.45, 2.75) is 32.7 Å². The van der Waals surface area contributed by atoms with Crippen LogP contribution in [0.1, 0.15) is 26.1 Å². The predicted molar refractivity (Wildman–Crippen MR) is 105 cm³/mol. The van der Waals surface area contributed by atoms with Gasteiger partial charge >= 0.3 is 0 Å². The number of hydrogen-bond donors (Lipinski definition) is 2. The lowest BCUT2D eigenvalue weighted by molar-refractivity contribution is -0.138. The highest BCUT2D eigenvalue weighted by atomic mass is 16.2. The van der Waals surface area contributed by atoms with Gasteiger partial charge in [-0.3, -0.25) is 14.5 Å². The van der Waals surface area contributed by atoms with Crippen molar-refractivity contribution in [3.05, 3.63) is 30.1 Å². The average molecular weight is 371 g/mol. The van der Waals surface area contributed by atoms with Crippen molar-refractivity contribution in [1.29, 1.82) is 0 Å². The highest BCUT2D eigenvalue weighted by molar-refractivity contribution is 5.88. The fourth-order valence-corrected chi connectivity index (χ4v) is 3.52. The Kier molecular flexibility index (Phi) is 6.11. The second-order valence-corrected chi connectivity index (χ2v) is 7.67. The normalized spacial score (nSPS) is 18.1. The van der Waals surface area contributed by atoms with Gasteiger partial charge in [0.15, 0.2) is 0 Å². The number of likely N-dealkylation sites (N-methyl/N-ethyl adjacent to an activating group) is 1. The molecule has 2 N–H and O–H groups in total. The molecule has 1 aromatic carbocycles. The number of nitrogens with one attached hydrogen (secondary N) is 2. The molecule has 0 bridgehead atoms. The van der Waals surface area contributed by atoms with Crippen LogP contribution in [0.25, 0.3) is 11.0 Å². The maximum atomic E-state index is 12.7. The van der Waals surface area contributed by atoms with Crippen molar-refractivity contribution in [2.24, 2.45) is 5.92 Å². The molecule has 1 saturated heterocycles. The van der Waals surface area contributed by atoms with E-state index in [4.69, 9.17) is 0 Å². The molecule has 1 atom stereocenters. The van der Waals surface area contributed by atoms with E-state index in [1.807, 2.05) is 24.3 Å². The van der Waals surface area contributed by atoms with E-state index in [2.05, 4.69) is 34.0 Å². The zero-order chi connectivity index (χ0) is 19.4. The second-order valence-electron chi connectivity index (χ2n) is 7.67. The monoisotopic (exact) mass is 371 g/mol. The number of amides is 2. The van der Waals surface area contributed by atoms with Crippen molar-refractivity contribution < 1.29 is 9.59 Å². The summed E-state index contributed by atoms with van der Waals surface area (Å²) in [7, 11) is 1.79. The molecule has 0 saturated carbocycles. The minimum atomic E-state index is -0.373. The number of carbonyl (C=O) groups excluding carboxylic acids is 2. The van der Waals surface area contributed by atoms with Gasteiger partial charge in [-0.15, -0.1) is 0 Å². The van der Waals surface area contributed by atoms with Crippen LogP contribution in [0.5, 0.6) is 0 Å². The molecule has 7 nitrogen and oxygen atoms in total. The summed E-state index contributed by atoms with van der Waals surface area (Å²) in [4.78, 5) is 36.6. The van der Waals surface area contributed by atoms with Gasteiger partial charge in [0.25, 0.3) is 0 Å². The van der Waals surface area contributed by atoms with Gasteiger partial charge in [-0.2, -0.15) is 0 Å². The first-order chi connectivity index (χ1) is 12.9. The lowest BCUT2D eigenvalue weighted by Gasteiger charge is -2.36. The van der Waals surface area contributed by atoms with Gasteiger partial charge in [-0.1, -0.05) is 26.0 Å². The average Bonchev–Trinajstić information content (AvgIpc) is 3.05. The highest BCUT2D eigenvalue weighted by Crippen LogP contribution is 2.14. The Morgan fingerprint density at radius 2 is 2.15 bits per heavy atom. The zero-order valence-corrected chi connectivity index (χ0v) is 16.4. The van der Waals surface area contributed by atoms with Crippen LogP contribution in [-0.4, -0.2) is 70.9 Å². The van der Waals surface area contributed by atoms with Crippen LogP contribution >= 0.6 is 0 Å². The standard InChI is InChI=1S/C20H29N5O2/c1-14(2)13-25-11-9-21-20(27)17(25)12-19(26)24(3)10-8-18-22-15-6-4-5-7-16(15)23-18/h4-7,14,17H,8-13H2,1-3H3,(H,21,27)(H,22,23)/t17-/m0/s1. The third kappa shape index (κ3) is 4.86. The van der Waals surface area contributed by atoms with E-state index in [0.29, 0.717) is 25.4 Å². The van der Waals surface area contributed by atoms with Crippen molar-refractivity contribution in [3.63, 3.8) is 0 Å². The molecule has 2 heterocycles. The Bertz CT molecular complexity index is 768. The van der Waals surface area contributed by atoms with E-state index >= 15 is 0 Å². The maximum absolute atomic E-state index is 12.7. The Morgan fingerprint density at radius 3 is 2.89 bits per heavy atom. The van der Waals surface area contributed by atoms with Crippen LogP contribution in [0.4, 0.5) is 0 Å². The number of benzene rings is 1. The molecule has 146 valence electrons. The highest BCUT2D eigenvalue weighted by Gasteiger charge is 2.32. The summed E-state index contributed by atoms with van der Waals surface area (Å²) < 4.78 is 0. The summed E-state index contributed by atoms with van der Waals surface area (Å²) in [6.45, 7) is 7.10. The summed E-state index contributed by atoms with van der Waals surface area (Å²) in [5.74, 6) is 1.27. The third-order valence-corrected chi connectivity index (χ3v) is 4.96. The lowest BCUT2D eigenvalue weighted by Crippen LogP contribution is -2.57. The van der Waals surface area contributed by atoms with Crippen LogP contribution in [0.15, 0.2) is 24.3 Å². The number of carbonyl (C=O) groups is 2. The molecule has 3 rings (SSSR count). The van der Waals surface area contributed by atoms with Gasteiger partial charge in [0, 0.05) is 39.6 Å². The van der Waals surface area contributed by atoms with E-state index in [-0.39, 0.29) is 24.3 Å². The molecule has 0 radical (unpaired) electrons. The Morgan fingerprint density at radius 1 is 1.37 bits per heavy atom. The van der Waals surface area contributed by atoms with E-state index in [1.165, 1.54) is 0 Å². The minimum absolute atomic E-state index is 0.0121. The molecule has 2 amide bonds. The largest absolute Gasteiger partial charge is 0.353 e. The number of rotatable bonds is 7. The number of para-hydroxylation sites is 2. The number of imidazole rings is 1. The van der Waals surface area contributed by atoms with E-state index in [1.54, 1.807) is 11.9 Å². The molecule has 0 aliphatic carbocycles. The summed E-state index contributed by atoms with van der Waals surface area (Å²) in [5.41, 5.74) is 1.94. The molecule has 7 heteroatoms. The molecule has 2 aromatic rings. The van der Waals surface area contributed by atoms with Crippen molar-refractivity contribution in [1.82, 2.24) is 25.1 Å². The van der Waals surface area contributed by atoms with E-state index in [9.17, 15) is 9.59 Å². The van der Waals surface area contributed by atoms with Crippen molar-refractivity contribution in [3.8, 4) is 0 Å². The van der Waals surface area contributed by atoms with Gasteiger partial charge < -0.3 is 15.2 Å². The van der Waals surface area contributed by atoms with Crippen LogP contribution in [0.2, 0.25) is 0 Å². The number of nitrogens with zero attached hydrogens (tertiary/aromatic N) is 3. The molecular weight excluding hydrogens is 342 g/mol. The first kappa shape index (κ1) is 19.4. The zero-order valence-electron chi connectivity index (χ0n) is 16.4. The van der Waals surface area contributed by atoms with E-state index < -0.39 is 0 Å². The second kappa shape index (κ2) is 8.52. The van der Waals surface area contributed by atoms with Crippen LogP contribution in [0, 0.1) is 5.92 Å². The number of hydrogen-bond acceptors (Lipinski definition) is 4. The van der Waals surface area contributed by atoms with Crippen molar-refractivity contribution >= 4 is 22.8 Å². The number of piperazine rings is 1. The number of fused-ring (bicyclic) bond motifs is 1. The molecule has 27 heavy (non-hydrogen) atoms. The topological polar surface area (TPSA) is 81.3 Å². The van der Waals surface area contributed by atoms with Gasteiger partial charge in [-0.25, -0.2) is 4.98 Å². The number of aromatic nitrogens is 2. The lowest BCUT2D eigenvalue weighted by atomic mass is 10.1. The number of H-pyrrole nitrogens is 1. The molecular formula is C20H29N5O2. The number of aromatic amines is 1. The van der Waals surface area contributed by atoms with Gasteiger partial charge in [-0.05, 0) is 18.1 Å². The molecule has 1 aliphatic heterocycles. The van der Waals surface area contributed by atoms with Gasteiger partial charge in [0.05, 0.1) is 23.5 Å². The van der Waals surface area contributed by atoms with Gasteiger partial charge in [0.1, 0.15) is 5.82 Å². The molecule has 0 spiro atoms. The molecule has 0 unspecified atom stereocenters. The predicted octanol–water partition coefficient (Wildman–Crippen LogP) is 1.41. The Labute approximate surface area is 160 Å². The fraction of sp³-hybridized carbons (Fsp3) is 0.550. The minimum Gasteiger partial charge on any atom is -0.353 e. The summed E-state index contributed by atoms with van der Waals surface area (Å²) >= 11 is 0. The van der Waals surface area contributed by atoms with Gasteiger partial charge in [0.2, 0.25) is 11.8 Å². The molecule has 1 aromatic heterocycles. The third-order valence-electron chi connectivity index (χ3n) is 4.96. The van der Waals surface area contributed by atoms with Crippen LogP contribution in [0.3, 0.4) is 0 Å². The summed E-state index contributed by atoms with van der Waals surface area (Å²) in [6.07, 6.45) is 0.874. The quantitative estimate of drug-likeness (QED) is 0.771. The molecule has 1 fully saturated rings. The maximum Gasteiger partial charge on any atom is 0.237 e. The smallest absolute Gasteiger partial charge is 0.237 e. The van der Waals surface area contributed by atoms with Crippen LogP contribution in [-0.2, 0) is 16.0 Å². The Hall–Kier alpha value is -2.41. The van der Waals surface area contributed by atoms with E-state index in [0.717, 1.165) is 29.9 Å². The first-order valence-electron chi connectivity index (χ1n) is 9.63. The van der Waals surface area contributed by atoms with Crippen molar-refractivity contribution in [2.75, 3.05) is 33.2 Å². The summed E-state index contributed by atoms with van der Waals surface area (Å²) in [5, 5.41) is 2.89. The molecule has 1 aliphatic rings.